The molecule has 1 aromatic carbocycles. The highest BCUT2D eigenvalue weighted by Gasteiger charge is 1.95. The van der Waals surface area contributed by atoms with Crippen LogP contribution in [-0.2, 0) is 4.79 Å². The van der Waals surface area contributed by atoms with E-state index < -0.39 is 5.97 Å². The predicted octanol–water partition coefficient (Wildman–Crippen LogP) is 2.96. The SMILES string of the molecule is Cc1cccc(/C=C/C=C/C(=O)O)c1C. The van der Waals surface area contributed by atoms with Gasteiger partial charge in [0.1, 0.15) is 0 Å². The van der Waals surface area contributed by atoms with Crippen LogP contribution in [0.3, 0.4) is 0 Å². The van der Waals surface area contributed by atoms with E-state index >= 15 is 0 Å². The van der Waals surface area contributed by atoms with E-state index in [9.17, 15) is 4.79 Å². The van der Waals surface area contributed by atoms with E-state index in [1.54, 1.807) is 6.08 Å². The van der Waals surface area contributed by atoms with Gasteiger partial charge in [-0.3, -0.25) is 0 Å². The van der Waals surface area contributed by atoms with Gasteiger partial charge in [-0.2, -0.15) is 0 Å². The van der Waals surface area contributed by atoms with Gasteiger partial charge >= 0.3 is 5.97 Å². The van der Waals surface area contributed by atoms with Crippen LogP contribution in [0.15, 0.2) is 36.4 Å². The molecule has 0 aliphatic heterocycles. The number of benzene rings is 1. The van der Waals surface area contributed by atoms with Gasteiger partial charge in [-0.25, -0.2) is 4.79 Å². The van der Waals surface area contributed by atoms with Crippen molar-refractivity contribution in [3.63, 3.8) is 0 Å². The molecule has 0 saturated carbocycles. The van der Waals surface area contributed by atoms with Gasteiger partial charge in [0.05, 0.1) is 0 Å². The molecular formula is C13H14O2. The lowest BCUT2D eigenvalue weighted by atomic mass is 10.0. The smallest absolute Gasteiger partial charge is 0.328 e. The second-order valence-corrected chi connectivity index (χ2v) is 3.35. The van der Waals surface area contributed by atoms with Gasteiger partial charge in [0.2, 0.25) is 0 Å². The zero-order valence-corrected chi connectivity index (χ0v) is 8.90. The zero-order chi connectivity index (χ0) is 11.3. The number of hydrogen-bond donors (Lipinski definition) is 1. The summed E-state index contributed by atoms with van der Waals surface area (Å²) in [5.74, 6) is -0.930. The topological polar surface area (TPSA) is 37.3 Å². The van der Waals surface area contributed by atoms with Crippen molar-refractivity contribution >= 4 is 12.0 Å². The number of hydrogen-bond acceptors (Lipinski definition) is 1. The monoisotopic (exact) mass is 202 g/mol. The summed E-state index contributed by atoms with van der Waals surface area (Å²) in [5, 5.41) is 8.39. The molecule has 1 N–H and O–H groups in total. The van der Waals surface area contributed by atoms with E-state index in [1.165, 1.54) is 17.2 Å². The van der Waals surface area contributed by atoms with Crippen LogP contribution >= 0.6 is 0 Å². The zero-order valence-electron chi connectivity index (χ0n) is 8.90. The van der Waals surface area contributed by atoms with Crippen LogP contribution < -0.4 is 0 Å². The second kappa shape index (κ2) is 5.15. The molecule has 78 valence electrons. The number of carbonyl (C=O) groups is 1. The lowest BCUT2D eigenvalue weighted by Gasteiger charge is -2.02. The number of carboxylic acids is 1. The first kappa shape index (κ1) is 11.2. The molecule has 0 aromatic heterocycles. The Kier molecular flexibility index (Phi) is 3.86. The van der Waals surface area contributed by atoms with Crippen molar-refractivity contribution in [1.29, 1.82) is 0 Å². The first-order valence-electron chi connectivity index (χ1n) is 4.75. The van der Waals surface area contributed by atoms with Crippen LogP contribution in [0.1, 0.15) is 16.7 Å². The number of aryl methyl sites for hydroxylation is 1. The van der Waals surface area contributed by atoms with Gasteiger partial charge < -0.3 is 5.11 Å². The fraction of sp³-hybridized carbons (Fsp3) is 0.154. The minimum Gasteiger partial charge on any atom is -0.478 e. The third-order valence-corrected chi connectivity index (χ3v) is 2.27. The van der Waals surface area contributed by atoms with Crippen molar-refractivity contribution in [3.8, 4) is 0 Å². The van der Waals surface area contributed by atoms with E-state index in [1.807, 2.05) is 18.2 Å². The fourth-order valence-corrected chi connectivity index (χ4v) is 1.25. The van der Waals surface area contributed by atoms with Crippen molar-refractivity contribution in [3.05, 3.63) is 53.1 Å². The number of aliphatic carboxylic acids is 1. The van der Waals surface area contributed by atoms with Gasteiger partial charge in [-0.15, -0.1) is 0 Å². The van der Waals surface area contributed by atoms with E-state index in [-0.39, 0.29) is 0 Å². The van der Waals surface area contributed by atoms with E-state index in [0.29, 0.717) is 0 Å². The molecule has 0 radical (unpaired) electrons. The van der Waals surface area contributed by atoms with Crippen LogP contribution in [0.2, 0.25) is 0 Å². The van der Waals surface area contributed by atoms with Gasteiger partial charge in [-0.1, -0.05) is 36.4 Å². The molecule has 1 rings (SSSR count). The van der Waals surface area contributed by atoms with Crippen LogP contribution in [0.5, 0.6) is 0 Å². The van der Waals surface area contributed by atoms with Crippen molar-refractivity contribution in [1.82, 2.24) is 0 Å². The van der Waals surface area contributed by atoms with Crippen LogP contribution in [0, 0.1) is 13.8 Å². The molecule has 0 fully saturated rings. The van der Waals surface area contributed by atoms with Crippen molar-refractivity contribution in [2.24, 2.45) is 0 Å². The maximum absolute atomic E-state index is 10.2. The average Bonchev–Trinajstić information content (AvgIpc) is 2.18. The Bertz CT molecular complexity index is 415. The molecule has 0 amide bonds. The summed E-state index contributed by atoms with van der Waals surface area (Å²) >= 11 is 0. The highest BCUT2D eigenvalue weighted by molar-refractivity contribution is 5.80. The Balaban J connectivity index is 2.81. The Labute approximate surface area is 89.6 Å². The molecule has 15 heavy (non-hydrogen) atoms. The molecule has 0 heterocycles. The van der Waals surface area contributed by atoms with Gasteiger partial charge in [0.25, 0.3) is 0 Å². The largest absolute Gasteiger partial charge is 0.478 e. The third-order valence-electron chi connectivity index (χ3n) is 2.27. The first-order chi connectivity index (χ1) is 7.11. The summed E-state index contributed by atoms with van der Waals surface area (Å²) in [4.78, 5) is 10.2. The number of rotatable bonds is 3. The molecule has 0 saturated heterocycles. The van der Waals surface area contributed by atoms with Gasteiger partial charge in [-0.05, 0) is 30.5 Å². The fourth-order valence-electron chi connectivity index (χ4n) is 1.25. The summed E-state index contributed by atoms with van der Waals surface area (Å²) in [6.07, 6.45) is 6.27. The molecule has 0 aliphatic rings. The molecule has 1 aromatic rings. The Morgan fingerprint density at radius 2 is 2.00 bits per heavy atom. The maximum Gasteiger partial charge on any atom is 0.328 e. The summed E-state index contributed by atoms with van der Waals surface area (Å²) < 4.78 is 0. The van der Waals surface area contributed by atoms with Crippen LogP contribution in [0.4, 0.5) is 0 Å². The Morgan fingerprint density at radius 1 is 1.27 bits per heavy atom. The normalized spacial score (nSPS) is 11.3. The van der Waals surface area contributed by atoms with Crippen molar-refractivity contribution in [2.75, 3.05) is 0 Å². The standard InChI is InChI=1S/C13H14O2/c1-10-6-5-8-12(11(10)2)7-3-4-9-13(14)15/h3-9H,1-2H3,(H,14,15)/b7-3+,9-4+. The average molecular weight is 202 g/mol. The third kappa shape index (κ3) is 3.43. The molecule has 0 bridgehead atoms. The summed E-state index contributed by atoms with van der Waals surface area (Å²) in [5.41, 5.74) is 3.57. The summed E-state index contributed by atoms with van der Waals surface area (Å²) in [6, 6.07) is 6.05. The van der Waals surface area contributed by atoms with E-state index in [0.717, 1.165) is 11.6 Å². The van der Waals surface area contributed by atoms with Gasteiger partial charge in [0.15, 0.2) is 0 Å². The lowest BCUT2D eigenvalue weighted by Crippen LogP contribution is -1.85. The van der Waals surface area contributed by atoms with Crippen LogP contribution in [-0.4, -0.2) is 11.1 Å². The number of carboxylic acid groups (broad SMARTS) is 1. The van der Waals surface area contributed by atoms with Crippen LogP contribution in [0.25, 0.3) is 6.08 Å². The lowest BCUT2D eigenvalue weighted by molar-refractivity contribution is -0.131. The Morgan fingerprint density at radius 3 is 2.67 bits per heavy atom. The molecule has 2 heteroatoms. The molecule has 0 unspecified atom stereocenters. The summed E-state index contributed by atoms with van der Waals surface area (Å²) in [7, 11) is 0. The van der Waals surface area contributed by atoms with Gasteiger partial charge in [0, 0.05) is 6.08 Å². The highest BCUT2D eigenvalue weighted by Crippen LogP contribution is 2.13. The first-order valence-corrected chi connectivity index (χ1v) is 4.75. The number of allylic oxidation sites excluding steroid dienone is 2. The maximum atomic E-state index is 10.2. The molecule has 2 nitrogen and oxygen atoms in total. The minimum absolute atomic E-state index is 0.930. The van der Waals surface area contributed by atoms with E-state index in [4.69, 9.17) is 5.11 Å². The molecular weight excluding hydrogens is 188 g/mol. The molecule has 0 spiro atoms. The molecule has 0 aliphatic carbocycles. The van der Waals surface area contributed by atoms with E-state index in [2.05, 4.69) is 19.9 Å². The minimum atomic E-state index is -0.930. The Hall–Kier alpha value is -1.83. The summed E-state index contributed by atoms with van der Waals surface area (Å²) in [6.45, 7) is 4.11. The predicted molar refractivity (Wildman–Crippen MR) is 61.7 cm³/mol. The quantitative estimate of drug-likeness (QED) is 0.604. The second-order valence-electron chi connectivity index (χ2n) is 3.35. The van der Waals surface area contributed by atoms with Crippen molar-refractivity contribution in [2.45, 2.75) is 13.8 Å². The molecule has 0 atom stereocenters. The highest BCUT2D eigenvalue weighted by atomic mass is 16.4. The van der Waals surface area contributed by atoms with Crippen molar-refractivity contribution < 1.29 is 9.90 Å².